The second-order valence-corrected chi connectivity index (χ2v) is 14.2. The summed E-state index contributed by atoms with van der Waals surface area (Å²) in [6, 6.07) is 39.7. The number of thiophene rings is 1. The molecule has 0 radical (unpaired) electrons. The Hall–Kier alpha value is -6.81. The normalized spacial score (nSPS) is 14.3. The van der Waals surface area contributed by atoms with Gasteiger partial charge in [0, 0.05) is 31.3 Å². The third-order valence-corrected chi connectivity index (χ3v) is 11.3. The predicted molar refractivity (Wildman–Crippen MR) is 231 cm³/mol. The van der Waals surface area contributed by atoms with Crippen molar-refractivity contribution in [2.75, 3.05) is 0 Å². The fraction of sp³-hybridized carbons (Fsp3) is 0. The van der Waals surface area contributed by atoms with Crippen molar-refractivity contribution in [1.29, 1.82) is 0 Å². The zero-order chi connectivity index (χ0) is 44.3. The summed E-state index contributed by atoms with van der Waals surface area (Å²) in [6.45, 7) is 0. The van der Waals surface area contributed by atoms with Crippen molar-refractivity contribution in [3.63, 3.8) is 0 Å². The van der Waals surface area contributed by atoms with E-state index < -0.39 is 36.3 Å². The van der Waals surface area contributed by atoms with E-state index in [9.17, 15) is 0 Å². The minimum Gasteiger partial charge on any atom is -0.292 e. The van der Waals surface area contributed by atoms with Gasteiger partial charge >= 0.3 is 0 Å². The standard InChI is InChI=1S/C51H32N2S/c1-3-16-33(17-4-1)35-30-31-38-42(32-35)49(41-24-15-29-47-50(41)40-23-10-14-28-46(40)54-47)37-21-8-7-20-36(37)48(38)39-22-9-12-26-44(39)53-45-27-13-11-25-43(45)52-51(53)34-18-5-2-6-19-34/h1-32H/i1D,2D,3D,4D,5D,6D,16D,17D,18D,19D. The van der Waals surface area contributed by atoms with Crippen molar-refractivity contribution in [3.05, 3.63) is 194 Å². The lowest BCUT2D eigenvalue weighted by molar-refractivity contribution is 1.10. The quantitative estimate of drug-likeness (QED) is 0.162. The topological polar surface area (TPSA) is 17.8 Å². The van der Waals surface area contributed by atoms with Crippen LogP contribution in [0, 0.1) is 0 Å². The van der Waals surface area contributed by atoms with Gasteiger partial charge in [0.1, 0.15) is 5.82 Å². The molecular weight excluding hydrogens is 673 g/mol. The maximum atomic E-state index is 9.01. The van der Waals surface area contributed by atoms with E-state index in [0.29, 0.717) is 22.3 Å². The monoisotopic (exact) mass is 714 g/mol. The second kappa shape index (κ2) is 12.4. The molecule has 0 saturated heterocycles. The van der Waals surface area contributed by atoms with Crippen molar-refractivity contribution in [3.8, 4) is 50.5 Å². The molecule has 0 aliphatic rings. The summed E-state index contributed by atoms with van der Waals surface area (Å²) in [5.74, 6) is 0.190. The summed E-state index contributed by atoms with van der Waals surface area (Å²) >= 11 is 1.72. The summed E-state index contributed by atoms with van der Waals surface area (Å²) < 4.78 is 91.0. The number of fused-ring (bicyclic) bond motifs is 6. The Morgan fingerprint density at radius 2 is 1.07 bits per heavy atom. The first-order valence-electron chi connectivity index (χ1n) is 22.6. The molecule has 0 saturated carbocycles. The fourth-order valence-electron chi connectivity index (χ4n) is 7.97. The fourth-order valence-corrected chi connectivity index (χ4v) is 9.10. The Morgan fingerprint density at radius 3 is 1.89 bits per heavy atom. The van der Waals surface area contributed by atoms with Gasteiger partial charge in [-0.1, -0.05) is 157 Å². The number of benzene rings is 9. The van der Waals surface area contributed by atoms with Crippen LogP contribution in [-0.4, -0.2) is 9.55 Å². The summed E-state index contributed by atoms with van der Waals surface area (Å²) in [6.07, 6.45) is 0. The number of aromatic nitrogens is 2. The van der Waals surface area contributed by atoms with E-state index in [0.717, 1.165) is 64.0 Å². The lowest BCUT2D eigenvalue weighted by Gasteiger charge is -2.22. The largest absolute Gasteiger partial charge is 0.292 e. The highest BCUT2D eigenvalue weighted by Crippen LogP contribution is 2.49. The van der Waals surface area contributed by atoms with Gasteiger partial charge in [-0.05, 0) is 85.8 Å². The van der Waals surface area contributed by atoms with Crippen LogP contribution in [0.1, 0.15) is 13.7 Å². The highest BCUT2D eigenvalue weighted by molar-refractivity contribution is 7.25. The van der Waals surface area contributed by atoms with E-state index >= 15 is 0 Å². The lowest BCUT2D eigenvalue weighted by atomic mass is 9.83. The van der Waals surface area contributed by atoms with Crippen LogP contribution in [-0.2, 0) is 0 Å². The maximum Gasteiger partial charge on any atom is 0.145 e. The maximum absolute atomic E-state index is 9.01. The third-order valence-electron chi connectivity index (χ3n) is 10.2. The first kappa shape index (κ1) is 22.3. The Kier molecular flexibility index (Phi) is 5.12. The molecule has 9 aromatic carbocycles. The number of hydrogen-bond donors (Lipinski definition) is 0. The van der Waals surface area contributed by atoms with Crippen LogP contribution in [0.25, 0.3) is 103 Å². The molecule has 0 bridgehead atoms. The van der Waals surface area contributed by atoms with Crippen LogP contribution >= 0.6 is 11.3 Å². The molecule has 3 heteroatoms. The zero-order valence-corrected chi connectivity index (χ0v) is 29.3. The van der Waals surface area contributed by atoms with Gasteiger partial charge in [0.05, 0.1) is 30.4 Å². The molecule has 11 rings (SSSR count). The number of rotatable bonds is 5. The minimum atomic E-state index is -0.492. The minimum absolute atomic E-state index is 0.0265. The van der Waals surface area contributed by atoms with Crippen molar-refractivity contribution < 1.29 is 13.7 Å². The number of nitrogens with zero attached hydrogens (tertiary/aromatic N) is 2. The molecule has 0 spiro atoms. The number of imidazole rings is 1. The van der Waals surface area contributed by atoms with E-state index in [2.05, 4.69) is 42.5 Å². The first-order valence-corrected chi connectivity index (χ1v) is 18.4. The smallest absolute Gasteiger partial charge is 0.145 e. The average Bonchev–Trinajstić information content (AvgIpc) is 3.90. The molecule has 2 nitrogen and oxygen atoms in total. The third kappa shape index (κ3) is 4.76. The van der Waals surface area contributed by atoms with Gasteiger partial charge in [0.15, 0.2) is 0 Å². The number of para-hydroxylation sites is 3. The number of hydrogen-bond acceptors (Lipinski definition) is 2. The summed E-state index contributed by atoms with van der Waals surface area (Å²) in [7, 11) is 0. The molecule has 54 heavy (non-hydrogen) atoms. The first-order chi connectivity index (χ1) is 31.0. The molecule has 0 amide bonds. The van der Waals surface area contributed by atoms with Crippen LogP contribution in [0.4, 0.5) is 0 Å². The Balaban J connectivity index is 1.30. The average molecular weight is 715 g/mol. The van der Waals surface area contributed by atoms with Gasteiger partial charge in [-0.25, -0.2) is 4.98 Å². The van der Waals surface area contributed by atoms with Crippen LogP contribution < -0.4 is 0 Å². The van der Waals surface area contributed by atoms with Crippen molar-refractivity contribution in [2.45, 2.75) is 0 Å². The van der Waals surface area contributed by atoms with Crippen LogP contribution in [0.2, 0.25) is 0 Å². The molecular formula is C51H32N2S. The van der Waals surface area contributed by atoms with Gasteiger partial charge in [-0.2, -0.15) is 0 Å². The van der Waals surface area contributed by atoms with Gasteiger partial charge < -0.3 is 0 Å². The van der Waals surface area contributed by atoms with E-state index in [1.807, 2.05) is 95.6 Å². The molecule has 0 atom stereocenters. The van der Waals surface area contributed by atoms with E-state index in [4.69, 9.17) is 18.7 Å². The van der Waals surface area contributed by atoms with E-state index in [1.165, 1.54) is 0 Å². The SMILES string of the molecule is [2H]c1c([2H])c([2H])c(-c2ccc3c(-c4ccccc4-n4c(-c5c([2H])c([2H])c([2H])c([2H])c5[2H])nc5ccccc54)c4ccccc4c(-c4cccc5sc6ccccc6c45)c3c2)c([2H])c1[2H]. The van der Waals surface area contributed by atoms with Gasteiger partial charge in [0.2, 0.25) is 0 Å². The van der Waals surface area contributed by atoms with Gasteiger partial charge in [0.25, 0.3) is 0 Å². The molecule has 252 valence electrons. The predicted octanol–water partition coefficient (Wildman–Crippen LogP) is 14.4. The molecule has 0 aliphatic carbocycles. The highest BCUT2D eigenvalue weighted by Gasteiger charge is 2.23. The van der Waals surface area contributed by atoms with Crippen LogP contribution in [0.5, 0.6) is 0 Å². The molecule has 2 heterocycles. The molecule has 0 unspecified atom stereocenters. The Morgan fingerprint density at radius 1 is 0.463 bits per heavy atom. The molecule has 11 aromatic rings. The zero-order valence-electron chi connectivity index (χ0n) is 38.5. The summed E-state index contributed by atoms with van der Waals surface area (Å²) in [5, 5.41) is 5.64. The van der Waals surface area contributed by atoms with Crippen LogP contribution in [0.3, 0.4) is 0 Å². The Bertz CT molecular complexity index is 3760. The van der Waals surface area contributed by atoms with E-state index in [-0.39, 0.29) is 41.1 Å². The van der Waals surface area contributed by atoms with Crippen molar-refractivity contribution in [1.82, 2.24) is 9.55 Å². The highest BCUT2D eigenvalue weighted by atomic mass is 32.1. The van der Waals surface area contributed by atoms with Gasteiger partial charge in [-0.15, -0.1) is 11.3 Å². The van der Waals surface area contributed by atoms with Crippen molar-refractivity contribution >= 4 is 64.1 Å². The van der Waals surface area contributed by atoms with Crippen LogP contribution in [0.15, 0.2) is 194 Å². The lowest BCUT2D eigenvalue weighted by Crippen LogP contribution is -2.01. The molecule has 2 aromatic heterocycles. The molecule has 0 N–H and O–H groups in total. The molecule has 0 fully saturated rings. The Labute approximate surface area is 330 Å². The summed E-state index contributed by atoms with van der Waals surface area (Å²) in [5.41, 5.74) is 5.94. The molecule has 0 aliphatic heterocycles. The van der Waals surface area contributed by atoms with Gasteiger partial charge in [-0.3, -0.25) is 4.57 Å². The second-order valence-electron chi connectivity index (χ2n) is 13.1. The van der Waals surface area contributed by atoms with E-state index in [1.54, 1.807) is 11.3 Å². The van der Waals surface area contributed by atoms with Crippen molar-refractivity contribution in [2.24, 2.45) is 0 Å². The summed E-state index contributed by atoms with van der Waals surface area (Å²) in [4.78, 5) is 4.95.